The number of nitrogens with one attached hydrogen (secondary N) is 1. The molecule has 1 heterocycles. The molecule has 0 bridgehead atoms. The number of pyridine rings is 1. The number of ether oxygens (including phenoxy) is 2. The van der Waals surface area contributed by atoms with Crippen molar-refractivity contribution in [1.82, 2.24) is 10.3 Å². The van der Waals surface area contributed by atoms with E-state index in [1.165, 1.54) is 12.3 Å². The van der Waals surface area contributed by atoms with Gasteiger partial charge < -0.3 is 14.8 Å². The van der Waals surface area contributed by atoms with E-state index in [0.29, 0.717) is 11.5 Å². The minimum absolute atomic E-state index is 0.0425. The number of hydrogen-bond acceptors (Lipinski definition) is 4. The van der Waals surface area contributed by atoms with Crippen LogP contribution in [0.2, 0.25) is 0 Å². The molecule has 1 amide bonds. The monoisotopic (exact) mass is 304 g/mol. The summed E-state index contributed by atoms with van der Waals surface area (Å²) in [5.74, 6) is 0.0382. The Bertz CT molecular complexity index is 649. The van der Waals surface area contributed by atoms with Gasteiger partial charge in [0.05, 0.1) is 24.9 Å². The molecule has 1 atom stereocenters. The zero-order valence-electron chi connectivity index (χ0n) is 12.4. The molecule has 0 saturated carbocycles. The summed E-state index contributed by atoms with van der Waals surface area (Å²) in [4.78, 5) is 15.6. The highest BCUT2D eigenvalue weighted by Crippen LogP contribution is 2.25. The van der Waals surface area contributed by atoms with E-state index >= 15 is 0 Å². The average molecular weight is 304 g/mol. The summed E-state index contributed by atoms with van der Waals surface area (Å²) < 4.78 is 24.3. The summed E-state index contributed by atoms with van der Waals surface area (Å²) in [6.45, 7) is 2.01. The summed E-state index contributed by atoms with van der Waals surface area (Å²) in [6, 6.07) is 8.25. The van der Waals surface area contributed by atoms with Crippen LogP contribution in [-0.4, -0.2) is 30.6 Å². The van der Waals surface area contributed by atoms with Crippen LogP contribution in [0.3, 0.4) is 0 Å². The number of benzene rings is 1. The third-order valence-corrected chi connectivity index (χ3v) is 2.95. The van der Waals surface area contributed by atoms with Gasteiger partial charge in [-0.1, -0.05) is 12.1 Å². The maximum Gasteiger partial charge on any atom is 0.254 e. The Morgan fingerprint density at radius 2 is 2.05 bits per heavy atom. The van der Waals surface area contributed by atoms with Crippen molar-refractivity contribution in [2.45, 2.75) is 13.0 Å². The number of hydrogen-bond donors (Lipinski definition) is 1. The summed E-state index contributed by atoms with van der Waals surface area (Å²) in [6.07, 6.45) is 2.37. The van der Waals surface area contributed by atoms with Crippen LogP contribution in [0.1, 0.15) is 17.3 Å². The normalized spacial score (nSPS) is 11.6. The lowest BCUT2D eigenvalue weighted by Crippen LogP contribution is -2.37. The second-order valence-electron chi connectivity index (χ2n) is 4.69. The van der Waals surface area contributed by atoms with Crippen LogP contribution in [0.4, 0.5) is 4.39 Å². The fraction of sp³-hybridized carbons (Fsp3) is 0.250. The summed E-state index contributed by atoms with van der Waals surface area (Å²) in [5, 5.41) is 2.67. The van der Waals surface area contributed by atoms with E-state index < -0.39 is 11.7 Å². The Morgan fingerprint density at radius 3 is 2.73 bits per heavy atom. The van der Waals surface area contributed by atoms with E-state index in [0.717, 1.165) is 6.20 Å². The highest BCUT2D eigenvalue weighted by molar-refractivity contribution is 5.94. The van der Waals surface area contributed by atoms with Gasteiger partial charge in [0.15, 0.2) is 17.3 Å². The highest BCUT2D eigenvalue weighted by atomic mass is 19.1. The van der Waals surface area contributed by atoms with Crippen molar-refractivity contribution < 1.29 is 18.7 Å². The number of carbonyl (C=O) groups excluding carboxylic acids is 1. The summed E-state index contributed by atoms with van der Waals surface area (Å²) >= 11 is 0. The number of para-hydroxylation sites is 2. The first-order chi connectivity index (χ1) is 10.6. The minimum atomic E-state index is -0.655. The lowest BCUT2D eigenvalue weighted by atomic mass is 10.2. The molecule has 0 fully saturated rings. The molecule has 0 aliphatic carbocycles. The SMILES string of the molecule is COc1ccccc1OC[C@H](C)NC(=O)c1ccncc1F. The van der Waals surface area contributed by atoms with Gasteiger partial charge in [0.1, 0.15) is 6.61 Å². The number of amides is 1. The number of rotatable bonds is 6. The topological polar surface area (TPSA) is 60.5 Å². The van der Waals surface area contributed by atoms with Crippen molar-refractivity contribution in [3.8, 4) is 11.5 Å². The first-order valence-corrected chi connectivity index (χ1v) is 6.78. The number of nitrogens with zero attached hydrogens (tertiary/aromatic N) is 1. The van der Waals surface area contributed by atoms with Crippen LogP contribution in [0.5, 0.6) is 11.5 Å². The molecule has 5 nitrogen and oxygen atoms in total. The van der Waals surface area contributed by atoms with Crippen molar-refractivity contribution in [2.24, 2.45) is 0 Å². The number of halogens is 1. The van der Waals surface area contributed by atoms with Gasteiger partial charge in [-0.3, -0.25) is 9.78 Å². The number of methoxy groups -OCH3 is 1. The molecule has 2 rings (SSSR count). The lowest BCUT2D eigenvalue weighted by molar-refractivity contribution is 0.0922. The van der Waals surface area contributed by atoms with E-state index in [4.69, 9.17) is 9.47 Å². The fourth-order valence-corrected chi connectivity index (χ4v) is 1.86. The average Bonchev–Trinajstić information content (AvgIpc) is 2.53. The van der Waals surface area contributed by atoms with E-state index in [9.17, 15) is 9.18 Å². The van der Waals surface area contributed by atoms with E-state index in [-0.39, 0.29) is 18.2 Å². The first-order valence-electron chi connectivity index (χ1n) is 6.78. The first kappa shape index (κ1) is 15.8. The third-order valence-electron chi connectivity index (χ3n) is 2.95. The maximum absolute atomic E-state index is 13.5. The van der Waals surface area contributed by atoms with Crippen LogP contribution in [0.15, 0.2) is 42.7 Å². The molecule has 1 aromatic heterocycles. The van der Waals surface area contributed by atoms with Crippen molar-refractivity contribution >= 4 is 5.91 Å². The highest BCUT2D eigenvalue weighted by Gasteiger charge is 2.14. The molecule has 0 radical (unpaired) electrons. The summed E-state index contributed by atoms with van der Waals surface area (Å²) in [5.41, 5.74) is -0.0425. The molecule has 6 heteroatoms. The largest absolute Gasteiger partial charge is 0.493 e. The van der Waals surface area contributed by atoms with Gasteiger partial charge in [-0.05, 0) is 25.1 Å². The Morgan fingerprint density at radius 1 is 1.32 bits per heavy atom. The standard InChI is InChI=1S/C16H17FN2O3/c1-11(10-22-15-6-4-3-5-14(15)21-2)19-16(20)12-7-8-18-9-13(12)17/h3-9,11H,10H2,1-2H3,(H,19,20)/t11-/m0/s1. The van der Waals surface area contributed by atoms with E-state index in [1.54, 1.807) is 26.2 Å². The van der Waals surface area contributed by atoms with E-state index in [2.05, 4.69) is 10.3 Å². The van der Waals surface area contributed by atoms with Gasteiger partial charge in [-0.2, -0.15) is 0 Å². The van der Waals surface area contributed by atoms with Crippen LogP contribution < -0.4 is 14.8 Å². The third kappa shape index (κ3) is 3.94. The quantitative estimate of drug-likeness (QED) is 0.890. The molecule has 0 aliphatic heterocycles. The predicted molar refractivity (Wildman–Crippen MR) is 79.6 cm³/mol. The van der Waals surface area contributed by atoms with Crippen LogP contribution >= 0.6 is 0 Å². The molecule has 0 spiro atoms. The van der Waals surface area contributed by atoms with Crippen molar-refractivity contribution in [1.29, 1.82) is 0 Å². The zero-order chi connectivity index (χ0) is 15.9. The van der Waals surface area contributed by atoms with Crippen molar-refractivity contribution in [2.75, 3.05) is 13.7 Å². The second kappa shape index (κ2) is 7.40. The molecule has 116 valence electrons. The fourth-order valence-electron chi connectivity index (χ4n) is 1.86. The molecule has 0 aliphatic rings. The smallest absolute Gasteiger partial charge is 0.254 e. The molecule has 1 N–H and O–H groups in total. The Hall–Kier alpha value is -2.63. The molecular weight excluding hydrogens is 287 g/mol. The van der Waals surface area contributed by atoms with Gasteiger partial charge in [-0.25, -0.2) is 4.39 Å². The van der Waals surface area contributed by atoms with Crippen LogP contribution in [0.25, 0.3) is 0 Å². The maximum atomic E-state index is 13.5. The van der Waals surface area contributed by atoms with Gasteiger partial charge in [-0.15, -0.1) is 0 Å². The Kier molecular flexibility index (Phi) is 5.30. The van der Waals surface area contributed by atoms with Gasteiger partial charge in [0, 0.05) is 6.20 Å². The molecule has 2 aromatic rings. The lowest BCUT2D eigenvalue weighted by Gasteiger charge is -2.16. The molecular formula is C16H17FN2O3. The zero-order valence-corrected chi connectivity index (χ0v) is 12.4. The van der Waals surface area contributed by atoms with Gasteiger partial charge in [0.2, 0.25) is 0 Å². The molecule has 1 aromatic carbocycles. The van der Waals surface area contributed by atoms with Crippen LogP contribution in [-0.2, 0) is 0 Å². The van der Waals surface area contributed by atoms with Crippen LogP contribution in [0, 0.1) is 5.82 Å². The van der Waals surface area contributed by atoms with E-state index in [1.807, 2.05) is 12.1 Å². The van der Waals surface area contributed by atoms with Crippen molar-refractivity contribution in [3.05, 3.63) is 54.1 Å². The number of carbonyl (C=O) groups is 1. The Labute approximate surface area is 128 Å². The summed E-state index contributed by atoms with van der Waals surface area (Å²) in [7, 11) is 1.56. The number of aromatic nitrogens is 1. The van der Waals surface area contributed by atoms with Crippen molar-refractivity contribution in [3.63, 3.8) is 0 Å². The molecule has 0 unspecified atom stereocenters. The molecule has 0 saturated heterocycles. The van der Waals surface area contributed by atoms with Gasteiger partial charge >= 0.3 is 0 Å². The Balaban J connectivity index is 1.92. The minimum Gasteiger partial charge on any atom is -0.493 e. The second-order valence-corrected chi connectivity index (χ2v) is 4.69. The molecule has 22 heavy (non-hydrogen) atoms. The van der Waals surface area contributed by atoms with Gasteiger partial charge in [0.25, 0.3) is 5.91 Å². The predicted octanol–water partition coefficient (Wildman–Crippen LogP) is 2.43.